The van der Waals surface area contributed by atoms with E-state index in [1.165, 1.54) is 26.2 Å². The second-order valence-electron chi connectivity index (χ2n) is 6.56. The second-order valence-corrected chi connectivity index (χ2v) is 8.42. The van der Waals surface area contributed by atoms with E-state index in [2.05, 4.69) is 10.1 Å². The number of sulfonamides is 1. The molecule has 2 aromatic carbocycles. The summed E-state index contributed by atoms with van der Waals surface area (Å²) in [6, 6.07) is 10.4. The number of nitrogens with one attached hydrogen (secondary N) is 1. The molecule has 28 heavy (non-hydrogen) atoms. The first-order chi connectivity index (χ1) is 13.0. The molecular weight excluding hydrogens is 380 g/mol. The first-order valence-corrected chi connectivity index (χ1v) is 10.5. The highest BCUT2D eigenvalue weighted by Crippen LogP contribution is 2.24. The van der Waals surface area contributed by atoms with Crippen LogP contribution in [0.25, 0.3) is 0 Å². The summed E-state index contributed by atoms with van der Waals surface area (Å²) in [5.74, 6) is -0.973. The molecule has 0 spiro atoms. The molecule has 7 nitrogen and oxygen atoms in total. The van der Waals surface area contributed by atoms with Crippen LogP contribution in [0.5, 0.6) is 0 Å². The Balaban J connectivity index is 2.26. The van der Waals surface area contributed by atoms with E-state index in [1.807, 2.05) is 19.9 Å². The molecule has 0 aliphatic heterocycles. The molecule has 150 valence electrons. The number of hydrogen-bond acceptors (Lipinski definition) is 5. The third kappa shape index (κ3) is 4.89. The zero-order valence-corrected chi connectivity index (χ0v) is 17.3. The van der Waals surface area contributed by atoms with Gasteiger partial charge in [0.1, 0.15) is 6.04 Å². The summed E-state index contributed by atoms with van der Waals surface area (Å²) in [7, 11) is -2.41. The Labute approximate surface area is 165 Å². The maximum absolute atomic E-state index is 12.7. The van der Waals surface area contributed by atoms with E-state index in [9.17, 15) is 18.0 Å². The highest BCUT2D eigenvalue weighted by Gasteiger charge is 2.29. The number of methoxy groups -OCH3 is 1. The van der Waals surface area contributed by atoms with Crippen molar-refractivity contribution >= 4 is 33.3 Å². The van der Waals surface area contributed by atoms with E-state index in [1.54, 1.807) is 24.3 Å². The standard InChI is InChI=1S/C20H24N2O5S/c1-13-6-11-18(12-14(13)2)22(28(5,25)26)15(3)19(23)21-17-9-7-16(8-10-17)20(24)27-4/h6-12,15H,1-5H3,(H,21,23)/t15-/m0/s1. The van der Waals surface area contributed by atoms with Crippen molar-refractivity contribution in [2.75, 3.05) is 23.0 Å². The molecule has 0 aliphatic rings. The summed E-state index contributed by atoms with van der Waals surface area (Å²) in [6.45, 7) is 5.33. The lowest BCUT2D eigenvalue weighted by atomic mass is 10.1. The van der Waals surface area contributed by atoms with Gasteiger partial charge in [0.15, 0.2) is 0 Å². The number of amides is 1. The van der Waals surface area contributed by atoms with Crippen LogP contribution in [0.1, 0.15) is 28.4 Å². The molecule has 0 fully saturated rings. The molecule has 2 aromatic rings. The lowest BCUT2D eigenvalue weighted by Crippen LogP contribution is -2.45. The average Bonchev–Trinajstić information content (AvgIpc) is 2.63. The predicted octanol–water partition coefficient (Wildman–Crippen LogP) is 2.88. The van der Waals surface area contributed by atoms with E-state index in [4.69, 9.17) is 0 Å². The average molecular weight is 404 g/mol. The Morgan fingerprint density at radius 1 is 1.04 bits per heavy atom. The van der Waals surface area contributed by atoms with Crippen molar-refractivity contribution in [3.63, 3.8) is 0 Å². The van der Waals surface area contributed by atoms with E-state index in [0.29, 0.717) is 16.9 Å². The van der Waals surface area contributed by atoms with E-state index in [-0.39, 0.29) is 0 Å². The van der Waals surface area contributed by atoms with Gasteiger partial charge in [-0.05, 0) is 68.3 Å². The van der Waals surface area contributed by atoms with Crippen LogP contribution in [-0.2, 0) is 19.6 Å². The number of rotatable bonds is 6. The first kappa shape index (κ1) is 21.4. The number of aryl methyl sites for hydroxylation is 2. The largest absolute Gasteiger partial charge is 0.465 e. The quantitative estimate of drug-likeness (QED) is 0.748. The molecule has 1 atom stereocenters. The van der Waals surface area contributed by atoms with Crippen molar-refractivity contribution in [2.45, 2.75) is 26.8 Å². The van der Waals surface area contributed by atoms with Gasteiger partial charge < -0.3 is 10.1 Å². The number of anilines is 2. The van der Waals surface area contributed by atoms with Gasteiger partial charge in [-0.1, -0.05) is 6.07 Å². The number of benzene rings is 2. The number of ether oxygens (including phenoxy) is 1. The molecular formula is C20H24N2O5S. The smallest absolute Gasteiger partial charge is 0.337 e. The summed E-state index contributed by atoms with van der Waals surface area (Å²) in [5, 5.41) is 2.68. The first-order valence-electron chi connectivity index (χ1n) is 8.60. The minimum Gasteiger partial charge on any atom is -0.465 e. The maximum atomic E-state index is 12.7. The molecule has 2 rings (SSSR count). The Bertz CT molecular complexity index is 984. The number of nitrogens with zero attached hydrogens (tertiary/aromatic N) is 1. The summed E-state index contributed by atoms with van der Waals surface area (Å²) in [5.41, 5.74) is 3.17. The molecule has 0 saturated heterocycles. The van der Waals surface area contributed by atoms with Crippen LogP contribution in [0.3, 0.4) is 0 Å². The summed E-state index contributed by atoms with van der Waals surface area (Å²) >= 11 is 0. The van der Waals surface area contributed by atoms with Gasteiger partial charge in [-0.3, -0.25) is 9.10 Å². The predicted molar refractivity (Wildman–Crippen MR) is 109 cm³/mol. The second kappa shape index (κ2) is 8.43. The van der Waals surface area contributed by atoms with E-state index < -0.39 is 27.9 Å². The van der Waals surface area contributed by atoms with Crippen molar-refractivity contribution < 1.29 is 22.7 Å². The lowest BCUT2D eigenvalue weighted by Gasteiger charge is -2.28. The number of carbonyl (C=O) groups is 2. The molecule has 0 aromatic heterocycles. The summed E-state index contributed by atoms with van der Waals surface area (Å²) in [4.78, 5) is 24.2. The van der Waals surface area contributed by atoms with Gasteiger partial charge in [-0.2, -0.15) is 0 Å². The number of esters is 1. The van der Waals surface area contributed by atoms with Crippen molar-refractivity contribution in [2.24, 2.45) is 0 Å². The third-order valence-electron chi connectivity index (χ3n) is 4.41. The van der Waals surface area contributed by atoms with E-state index >= 15 is 0 Å². The molecule has 1 N–H and O–H groups in total. The van der Waals surface area contributed by atoms with Crippen LogP contribution in [0.15, 0.2) is 42.5 Å². The molecule has 0 heterocycles. The molecule has 1 amide bonds. The van der Waals surface area contributed by atoms with Gasteiger partial charge in [0, 0.05) is 5.69 Å². The van der Waals surface area contributed by atoms with Gasteiger partial charge in [0.05, 0.1) is 24.6 Å². The zero-order chi connectivity index (χ0) is 21.1. The van der Waals surface area contributed by atoms with Gasteiger partial charge in [0.25, 0.3) is 0 Å². The van der Waals surface area contributed by atoms with Crippen LogP contribution < -0.4 is 9.62 Å². The van der Waals surface area contributed by atoms with Crippen molar-refractivity contribution in [3.8, 4) is 0 Å². The number of hydrogen-bond donors (Lipinski definition) is 1. The molecule has 0 saturated carbocycles. The molecule has 0 bridgehead atoms. The van der Waals surface area contributed by atoms with E-state index in [0.717, 1.165) is 21.7 Å². The zero-order valence-electron chi connectivity index (χ0n) is 16.5. The van der Waals surface area contributed by atoms with Crippen LogP contribution >= 0.6 is 0 Å². The Morgan fingerprint density at radius 2 is 1.64 bits per heavy atom. The van der Waals surface area contributed by atoms with Crippen LogP contribution in [0.4, 0.5) is 11.4 Å². The van der Waals surface area contributed by atoms with Gasteiger partial charge >= 0.3 is 5.97 Å². The highest BCUT2D eigenvalue weighted by atomic mass is 32.2. The minimum absolute atomic E-state index is 0.349. The van der Waals surface area contributed by atoms with Crippen molar-refractivity contribution in [3.05, 3.63) is 59.2 Å². The summed E-state index contributed by atoms with van der Waals surface area (Å²) < 4.78 is 30.5. The van der Waals surface area contributed by atoms with Crippen molar-refractivity contribution in [1.82, 2.24) is 0 Å². The fourth-order valence-corrected chi connectivity index (χ4v) is 3.89. The Morgan fingerprint density at radius 3 is 2.14 bits per heavy atom. The van der Waals surface area contributed by atoms with Gasteiger partial charge in [-0.15, -0.1) is 0 Å². The SMILES string of the molecule is COC(=O)c1ccc(NC(=O)[C@H](C)N(c2ccc(C)c(C)c2)S(C)(=O)=O)cc1. The van der Waals surface area contributed by atoms with Crippen LogP contribution in [-0.4, -0.2) is 39.7 Å². The molecule has 0 radical (unpaired) electrons. The topological polar surface area (TPSA) is 92.8 Å². The van der Waals surface area contributed by atoms with Gasteiger partial charge in [-0.25, -0.2) is 13.2 Å². The fourth-order valence-electron chi connectivity index (χ4n) is 2.73. The molecule has 0 unspecified atom stereocenters. The highest BCUT2D eigenvalue weighted by molar-refractivity contribution is 7.92. The monoisotopic (exact) mass is 404 g/mol. The Hall–Kier alpha value is -2.87. The minimum atomic E-state index is -3.69. The lowest BCUT2D eigenvalue weighted by molar-refractivity contribution is -0.116. The van der Waals surface area contributed by atoms with Gasteiger partial charge in [0.2, 0.25) is 15.9 Å². The van der Waals surface area contributed by atoms with Crippen molar-refractivity contribution in [1.29, 1.82) is 0 Å². The third-order valence-corrected chi connectivity index (χ3v) is 5.65. The summed E-state index contributed by atoms with van der Waals surface area (Å²) in [6.07, 6.45) is 1.07. The molecule has 8 heteroatoms. The molecule has 0 aliphatic carbocycles. The normalized spacial score (nSPS) is 12.2. The number of carbonyl (C=O) groups excluding carboxylic acids is 2. The fraction of sp³-hybridized carbons (Fsp3) is 0.300. The van der Waals surface area contributed by atoms with Crippen LogP contribution in [0.2, 0.25) is 0 Å². The maximum Gasteiger partial charge on any atom is 0.337 e. The van der Waals surface area contributed by atoms with Crippen LogP contribution in [0, 0.1) is 13.8 Å². The Kier molecular flexibility index (Phi) is 6.45.